The van der Waals surface area contributed by atoms with E-state index in [-0.39, 0.29) is 5.69 Å². The van der Waals surface area contributed by atoms with E-state index in [9.17, 15) is 4.79 Å². The van der Waals surface area contributed by atoms with E-state index in [2.05, 4.69) is 56.1 Å². The molecule has 2 aromatic carbocycles. The van der Waals surface area contributed by atoms with Crippen LogP contribution in [0.4, 0.5) is 0 Å². The predicted molar refractivity (Wildman–Crippen MR) is 137 cm³/mol. The van der Waals surface area contributed by atoms with Crippen molar-refractivity contribution < 1.29 is 0 Å². The number of aromatic nitrogens is 4. The van der Waals surface area contributed by atoms with Crippen molar-refractivity contribution >= 4 is 11.0 Å². The first kappa shape index (κ1) is 22.7. The second-order valence-corrected chi connectivity index (χ2v) is 9.48. The fourth-order valence-electron chi connectivity index (χ4n) is 5.33. The van der Waals surface area contributed by atoms with E-state index in [4.69, 9.17) is 0 Å². The van der Waals surface area contributed by atoms with Crippen molar-refractivity contribution in [1.82, 2.24) is 24.2 Å². The van der Waals surface area contributed by atoms with Gasteiger partial charge in [-0.1, -0.05) is 42.5 Å². The first-order chi connectivity index (χ1) is 16.8. The molecule has 1 aliphatic rings. The van der Waals surface area contributed by atoms with E-state index in [0.29, 0.717) is 6.04 Å². The van der Waals surface area contributed by atoms with Crippen LogP contribution < -0.4 is 5.69 Å². The van der Waals surface area contributed by atoms with Crippen LogP contribution in [0, 0.1) is 0 Å². The lowest BCUT2D eigenvalue weighted by atomic mass is 10.0. The molecule has 3 heterocycles. The Hall–Kier alpha value is -3.12. The summed E-state index contributed by atoms with van der Waals surface area (Å²) in [7, 11) is 0. The molecule has 5 rings (SSSR count). The molecule has 0 radical (unpaired) electrons. The van der Waals surface area contributed by atoms with E-state index in [0.717, 1.165) is 69.3 Å². The molecular weight excluding hydrogens is 422 g/mol. The number of nitrogens with one attached hydrogen (secondary N) is 1. The van der Waals surface area contributed by atoms with Gasteiger partial charge in [0.15, 0.2) is 0 Å². The van der Waals surface area contributed by atoms with Gasteiger partial charge in [0.2, 0.25) is 0 Å². The molecule has 34 heavy (non-hydrogen) atoms. The van der Waals surface area contributed by atoms with Crippen molar-refractivity contribution in [2.45, 2.75) is 57.5 Å². The zero-order chi connectivity index (χ0) is 23.2. The Morgan fingerprint density at radius 1 is 0.853 bits per heavy atom. The molecular formula is C28H35N5O. The van der Waals surface area contributed by atoms with E-state index in [1.165, 1.54) is 24.1 Å². The maximum absolute atomic E-state index is 12.5. The molecule has 1 aliphatic heterocycles. The molecule has 1 N–H and O–H groups in total. The van der Waals surface area contributed by atoms with Gasteiger partial charge in [0.25, 0.3) is 0 Å². The summed E-state index contributed by atoms with van der Waals surface area (Å²) >= 11 is 0. The number of nitrogens with zero attached hydrogens (tertiary/aromatic N) is 4. The molecule has 2 aromatic heterocycles. The number of likely N-dealkylation sites (tertiary alicyclic amines) is 1. The van der Waals surface area contributed by atoms with Crippen LogP contribution in [-0.2, 0) is 19.4 Å². The molecule has 6 heteroatoms. The van der Waals surface area contributed by atoms with Crippen molar-refractivity contribution in [3.8, 4) is 0 Å². The summed E-state index contributed by atoms with van der Waals surface area (Å²) in [4.78, 5) is 18.1. The molecule has 0 unspecified atom stereocenters. The molecule has 0 spiro atoms. The predicted octanol–water partition coefficient (Wildman–Crippen LogP) is 4.82. The lowest BCUT2D eigenvalue weighted by Gasteiger charge is -2.32. The standard InChI is InChI=1S/C28H35N5O/c34-28-30-26-13-4-5-14-27(26)33(28)25-16-21-31(22-17-25)19-7-6-12-24-15-18-29-32(24)20-8-11-23-9-2-1-3-10-23/h1-5,9-10,13-15,18,25H,6-8,11-12,16-17,19-22H2,(H,30,34). The van der Waals surface area contributed by atoms with Gasteiger partial charge in [0.1, 0.15) is 0 Å². The smallest absolute Gasteiger partial charge is 0.306 e. The van der Waals surface area contributed by atoms with Crippen LogP contribution >= 0.6 is 0 Å². The second kappa shape index (κ2) is 10.9. The Morgan fingerprint density at radius 3 is 2.50 bits per heavy atom. The third-order valence-electron chi connectivity index (χ3n) is 7.19. The average molecular weight is 458 g/mol. The molecule has 1 saturated heterocycles. The van der Waals surface area contributed by atoms with Crippen LogP contribution in [0.15, 0.2) is 71.7 Å². The van der Waals surface area contributed by atoms with Gasteiger partial charge in [-0.05, 0) is 75.3 Å². The maximum atomic E-state index is 12.5. The van der Waals surface area contributed by atoms with E-state index < -0.39 is 0 Å². The highest BCUT2D eigenvalue weighted by Crippen LogP contribution is 2.25. The Kier molecular flexibility index (Phi) is 7.25. The van der Waals surface area contributed by atoms with E-state index in [1.54, 1.807) is 0 Å². The van der Waals surface area contributed by atoms with Crippen molar-refractivity contribution in [3.63, 3.8) is 0 Å². The number of unbranched alkanes of at least 4 members (excludes halogenated alkanes) is 1. The van der Waals surface area contributed by atoms with Crippen LogP contribution in [0.3, 0.4) is 0 Å². The van der Waals surface area contributed by atoms with Crippen molar-refractivity contribution in [2.75, 3.05) is 19.6 Å². The fourth-order valence-corrected chi connectivity index (χ4v) is 5.33. The van der Waals surface area contributed by atoms with Gasteiger partial charge < -0.3 is 9.88 Å². The molecule has 0 bridgehead atoms. The highest BCUT2D eigenvalue weighted by Gasteiger charge is 2.23. The molecule has 0 saturated carbocycles. The highest BCUT2D eigenvalue weighted by molar-refractivity contribution is 5.75. The molecule has 1 fully saturated rings. The van der Waals surface area contributed by atoms with Gasteiger partial charge in [-0.3, -0.25) is 9.25 Å². The summed E-state index contributed by atoms with van der Waals surface area (Å²) in [6, 6.07) is 21.2. The van der Waals surface area contributed by atoms with Gasteiger partial charge in [-0.25, -0.2) is 4.79 Å². The monoisotopic (exact) mass is 457 g/mol. The lowest BCUT2D eigenvalue weighted by molar-refractivity contribution is 0.184. The summed E-state index contributed by atoms with van der Waals surface area (Å²) in [6.07, 6.45) is 9.71. The molecule has 0 atom stereocenters. The Labute approximate surface area is 201 Å². The number of hydrogen-bond donors (Lipinski definition) is 1. The van der Waals surface area contributed by atoms with Crippen LogP contribution in [0.5, 0.6) is 0 Å². The maximum Gasteiger partial charge on any atom is 0.326 e. The van der Waals surface area contributed by atoms with Crippen LogP contribution in [-0.4, -0.2) is 43.9 Å². The van der Waals surface area contributed by atoms with Crippen LogP contribution in [0.25, 0.3) is 11.0 Å². The van der Waals surface area contributed by atoms with Crippen molar-refractivity contribution in [3.05, 3.63) is 88.6 Å². The van der Waals surface area contributed by atoms with Gasteiger partial charge in [-0.2, -0.15) is 5.10 Å². The third-order valence-corrected chi connectivity index (χ3v) is 7.19. The minimum atomic E-state index is 0.0278. The highest BCUT2D eigenvalue weighted by atomic mass is 16.1. The topological polar surface area (TPSA) is 58.9 Å². The van der Waals surface area contributed by atoms with Crippen molar-refractivity contribution in [2.24, 2.45) is 0 Å². The van der Waals surface area contributed by atoms with Gasteiger partial charge >= 0.3 is 5.69 Å². The fraction of sp³-hybridized carbons (Fsp3) is 0.429. The number of H-pyrrole nitrogens is 1. The molecule has 6 nitrogen and oxygen atoms in total. The van der Waals surface area contributed by atoms with Crippen LogP contribution in [0.2, 0.25) is 0 Å². The number of hydrogen-bond acceptors (Lipinski definition) is 3. The summed E-state index contributed by atoms with van der Waals surface area (Å²) in [6.45, 7) is 4.25. The van der Waals surface area contributed by atoms with Gasteiger partial charge in [0.05, 0.1) is 11.0 Å². The Bertz CT molecular complexity index is 1230. The number of rotatable bonds is 10. The minimum absolute atomic E-state index is 0.0278. The molecule has 0 aliphatic carbocycles. The summed E-state index contributed by atoms with van der Waals surface area (Å²) in [5.41, 5.74) is 4.75. The molecule has 4 aromatic rings. The number of imidazole rings is 1. The number of aryl methyl sites for hydroxylation is 3. The number of fused-ring (bicyclic) bond motifs is 1. The summed E-state index contributed by atoms with van der Waals surface area (Å²) in [5.74, 6) is 0. The summed E-state index contributed by atoms with van der Waals surface area (Å²) < 4.78 is 4.17. The number of para-hydroxylation sites is 2. The zero-order valence-corrected chi connectivity index (χ0v) is 19.9. The SMILES string of the molecule is O=c1[nH]c2ccccc2n1C1CCN(CCCCc2ccnn2CCCc2ccccc2)CC1. The van der Waals surface area contributed by atoms with E-state index >= 15 is 0 Å². The second-order valence-electron chi connectivity index (χ2n) is 9.48. The van der Waals surface area contributed by atoms with Gasteiger partial charge in [-0.15, -0.1) is 0 Å². The first-order valence-electron chi connectivity index (χ1n) is 12.7. The Balaban J connectivity index is 1.04. The Morgan fingerprint density at radius 2 is 1.65 bits per heavy atom. The number of piperidine rings is 1. The third kappa shape index (κ3) is 5.33. The normalized spacial score (nSPS) is 15.3. The zero-order valence-electron chi connectivity index (χ0n) is 19.9. The summed E-state index contributed by atoms with van der Waals surface area (Å²) in [5, 5.41) is 4.55. The number of benzene rings is 2. The quantitative estimate of drug-likeness (QED) is 0.347. The van der Waals surface area contributed by atoms with E-state index in [1.807, 2.05) is 35.0 Å². The average Bonchev–Trinajstić information content (AvgIpc) is 3.46. The number of aromatic amines is 1. The molecule has 178 valence electrons. The van der Waals surface area contributed by atoms with Gasteiger partial charge in [0, 0.05) is 37.6 Å². The molecule has 0 amide bonds. The lowest BCUT2D eigenvalue weighted by Crippen LogP contribution is -2.37. The largest absolute Gasteiger partial charge is 0.326 e. The minimum Gasteiger partial charge on any atom is -0.306 e. The van der Waals surface area contributed by atoms with Crippen LogP contribution in [0.1, 0.15) is 49.4 Å². The van der Waals surface area contributed by atoms with Crippen molar-refractivity contribution in [1.29, 1.82) is 0 Å². The first-order valence-corrected chi connectivity index (χ1v) is 12.7.